The number of hydrogen-bond acceptors (Lipinski definition) is 3. The third-order valence-corrected chi connectivity index (χ3v) is 3.33. The first kappa shape index (κ1) is 11.4. The number of hydrogen-bond donors (Lipinski definition) is 1. The molecule has 0 aromatic carbocycles. The first-order valence-electron chi connectivity index (χ1n) is 6.31. The van der Waals surface area contributed by atoms with Crippen LogP contribution in [-0.2, 0) is 9.47 Å². The highest BCUT2D eigenvalue weighted by Crippen LogP contribution is 2.17. The van der Waals surface area contributed by atoms with Gasteiger partial charge in [-0.1, -0.05) is 19.3 Å². The maximum atomic E-state index is 5.79. The van der Waals surface area contributed by atoms with Crippen LogP contribution in [-0.4, -0.2) is 38.0 Å². The highest BCUT2D eigenvalue weighted by molar-refractivity contribution is 4.74. The van der Waals surface area contributed by atoms with Gasteiger partial charge >= 0.3 is 0 Å². The second-order valence-electron chi connectivity index (χ2n) is 4.85. The summed E-state index contributed by atoms with van der Waals surface area (Å²) >= 11 is 0. The average Bonchev–Trinajstić information content (AvgIpc) is 2.22. The summed E-state index contributed by atoms with van der Waals surface area (Å²) in [6.07, 6.45) is 7.57. The van der Waals surface area contributed by atoms with Gasteiger partial charge in [0.2, 0.25) is 0 Å². The van der Waals surface area contributed by atoms with Gasteiger partial charge in [0.1, 0.15) is 6.10 Å². The molecule has 2 fully saturated rings. The molecule has 1 aliphatic heterocycles. The molecule has 1 saturated heterocycles. The lowest BCUT2D eigenvalue weighted by Gasteiger charge is -2.30. The lowest BCUT2D eigenvalue weighted by Crippen LogP contribution is -2.43. The monoisotopic (exact) mass is 213 g/mol. The Kier molecular flexibility index (Phi) is 4.42. The molecule has 0 spiro atoms. The summed E-state index contributed by atoms with van der Waals surface area (Å²) < 4.78 is 10.9. The van der Waals surface area contributed by atoms with Crippen LogP contribution in [0.15, 0.2) is 0 Å². The van der Waals surface area contributed by atoms with Gasteiger partial charge in [-0.3, -0.25) is 0 Å². The van der Waals surface area contributed by atoms with Gasteiger partial charge < -0.3 is 14.8 Å². The second kappa shape index (κ2) is 5.83. The molecule has 0 radical (unpaired) electrons. The van der Waals surface area contributed by atoms with Crippen LogP contribution in [0.4, 0.5) is 0 Å². The molecular formula is C12H23NO2. The van der Waals surface area contributed by atoms with Crippen LogP contribution in [0, 0.1) is 0 Å². The molecule has 1 heterocycles. The van der Waals surface area contributed by atoms with Crippen LogP contribution in [0.25, 0.3) is 0 Å². The highest BCUT2D eigenvalue weighted by Gasteiger charge is 2.22. The van der Waals surface area contributed by atoms with Crippen molar-refractivity contribution in [3.05, 3.63) is 0 Å². The van der Waals surface area contributed by atoms with E-state index in [1.807, 2.05) is 0 Å². The molecule has 1 atom stereocenters. The SMILES string of the molecule is CC(CNC1CCCCC1)OC1COC1. The summed E-state index contributed by atoms with van der Waals surface area (Å²) in [4.78, 5) is 0. The quantitative estimate of drug-likeness (QED) is 0.754. The van der Waals surface area contributed by atoms with E-state index in [0.717, 1.165) is 25.8 Å². The first-order valence-corrected chi connectivity index (χ1v) is 6.31. The zero-order chi connectivity index (χ0) is 10.5. The standard InChI is InChI=1S/C12H23NO2/c1-10(15-12-8-14-9-12)7-13-11-5-3-2-4-6-11/h10-13H,2-9H2,1H3. The summed E-state index contributed by atoms with van der Waals surface area (Å²) in [5.74, 6) is 0. The van der Waals surface area contributed by atoms with Crippen LogP contribution >= 0.6 is 0 Å². The van der Waals surface area contributed by atoms with Gasteiger partial charge in [0.15, 0.2) is 0 Å². The summed E-state index contributed by atoms with van der Waals surface area (Å²) in [5.41, 5.74) is 0. The van der Waals surface area contributed by atoms with E-state index in [9.17, 15) is 0 Å². The second-order valence-corrected chi connectivity index (χ2v) is 4.85. The van der Waals surface area contributed by atoms with Crippen molar-refractivity contribution in [3.63, 3.8) is 0 Å². The van der Waals surface area contributed by atoms with Crippen molar-refractivity contribution >= 4 is 0 Å². The number of ether oxygens (including phenoxy) is 2. The summed E-state index contributed by atoms with van der Waals surface area (Å²) in [6, 6.07) is 0.738. The third-order valence-electron chi connectivity index (χ3n) is 3.33. The Morgan fingerprint density at radius 3 is 2.60 bits per heavy atom. The minimum absolute atomic E-state index is 0.320. The molecule has 1 saturated carbocycles. The number of nitrogens with one attached hydrogen (secondary N) is 1. The molecule has 0 aromatic rings. The Morgan fingerprint density at radius 2 is 2.00 bits per heavy atom. The van der Waals surface area contributed by atoms with Crippen LogP contribution < -0.4 is 5.32 Å². The fourth-order valence-corrected chi connectivity index (χ4v) is 2.31. The molecule has 1 N–H and O–H groups in total. The Bertz CT molecular complexity index is 176. The predicted octanol–water partition coefficient (Wildman–Crippen LogP) is 1.71. The largest absolute Gasteiger partial charge is 0.376 e. The van der Waals surface area contributed by atoms with Crippen molar-refractivity contribution < 1.29 is 9.47 Å². The molecule has 3 nitrogen and oxygen atoms in total. The van der Waals surface area contributed by atoms with Crippen LogP contribution in [0.1, 0.15) is 39.0 Å². The van der Waals surface area contributed by atoms with Crippen LogP contribution in [0.2, 0.25) is 0 Å². The lowest BCUT2D eigenvalue weighted by atomic mass is 9.95. The van der Waals surface area contributed by atoms with Gasteiger partial charge in [-0.05, 0) is 19.8 Å². The van der Waals surface area contributed by atoms with Gasteiger partial charge in [0, 0.05) is 12.6 Å². The smallest absolute Gasteiger partial charge is 0.104 e. The minimum Gasteiger partial charge on any atom is -0.376 e. The van der Waals surface area contributed by atoms with Crippen molar-refractivity contribution in [1.29, 1.82) is 0 Å². The molecule has 0 aromatic heterocycles. The highest BCUT2D eigenvalue weighted by atomic mass is 16.6. The Hall–Kier alpha value is -0.120. The van der Waals surface area contributed by atoms with E-state index in [1.54, 1.807) is 0 Å². The van der Waals surface area contributed by atoms with Gasteiger partial charge in [-0.15, -0.1) is 0 Å². The van der Waals surface area contributed by atoms with E-state index in [1.165, 1.54) is 32.1 Å². The maximum Gasteiger partial charge on any atom is 0.104 e. The fourth-order valence-electron chi connectivity index (χ4n) is 2.31. The molecule has 0 amide bonds. The van der Waals surface area contributed by atoms with E-state index < -0.39 is 0 Å². The molecule has 1 aliphatic carbocycles. The summed E-state index contributed by atoms with van der Waals surface area (Å²) in [7, 11) is 0. The summed E-state index contributed by atoms with van der Waals surface area (Å²) in [6.45, 7) is 4.71. The number of rotatable bonds is 5. The zero-order valence-electron chi connectivity index (χ0n) is 9.71. The Labute approximate surface area is 92.5 Å². The van der Waals surface area contributed by atoms with Crippen molar-refractivity contribution in [1.82, 2.24) is 5.32 Å². The van der Waals surface area contributed by atoms with E-state index in [4.69, 9.17) is 9.47 Å². The molecular weight excluding hydrogens is 190 g/mol. The van der Waals surface area contributed by atoms with Gasteiger partial charge in [0.25, 0.3) is 0 Å². The topological polar surface area (TPSA) is 30.5 Å². The van der Waals surface area contributed by atoms with Crippen LogP contribution in [0.3, 0.4) is 0 Å². The molecule has 3 heteroatoms. The molecule has 88 valence electrons. The lowest BCUT2D eigenvalue weighted by molar-refractivity contribution is -0.150. The summed E-state index contributed by atoms with van der Waals surface area (Å²) in [5, 5.41) is 3.61. The predicted molar refractivity (Wildman–Crippen MR) is 60.0 cm³/mol. The normalized spacial score (nSPS) is 26.2. The Balaban J connectivity index is 1.55. The maximum absolute atomic E-state index is 5.79. The van der Waals surface area contributed by atoms with E-state index in [2.05, 4.69) is 12.2 Å². The van der Waals surface area contributed by atoms with E-state index in [-0.39, 0.29) is 0 Å². The molecule has 2 rings (SSSR count). The first-order chi connectivity index (χ1) is 7.34. The van der Waals surface area contributed by atoms with Crippen molar-refractivity contribution in [2.24, 2.45) is 0 Å². The third kappa shape index (κ3) is 3.74. The average molecular weight is 213 g/mol. The van der Waals surface area contributed by atoms with Gasteiger partial charge in [-0.2, -0.15) is 0 Å². The molecule has 1 unspecified atom stereocenters. The van der Waals surface area contributed by atoms with Gasteiger partial charge in [-0.25, -0.2) is 0 Å². The molecule has 0 bridgehead atoms. The zero-order valence-corrected chi connectivity index (χ0v) is 9.71. The van der Waals surface area contributed by atoms with Crippen LogP contribution in [0.5, 0.6) is 0 Å². The molecule has 2 aliphatic rings. The van der Waals surface area contributed by atoms with Crippen molar-refractivity contribution in [3.8, 4) is 0 Å². The van der Waals surface area contributed by atoms with E-state index >= 15 is 0 Å². The fraction of sp³-hybridized carbons (Fsp3) is 1.00. The van der Waals surface area contributed by atoms with Crippen molar-refractivity contribution in [2.75, 3.05) is 19.8 Å². The van der Waals surface area contributed by atoms with Crippen molar-refractivity contribution in [2.45, 2.75) is 57.3 Å². The van der Waals surface area contributed by atoms with Gasteiger partial charge in [0.05, 0.1) is 19.3 Å². The molecule has 15 heavy (non-hydrogen) atoms. The van der Waals surface area contributed by atoms with E-state index in [0.29, 0.717) is 12.2 Å². The minimum atomic E-state index is 0.320. The Morgan fingerprint density at radius 1 is 1.27 bits per heavy atom.